The van der Waals surface area contributed by atoms with E-state index in [4.69, 9.17) is 11.6 Å². The van der Waals surface area contributed by atoms with Gasteiger partial charge in [-0.3, -0.25) is 14.5 Å². The first-order chi connectivity index (χ1) is 13.4. The summed E-state index contributed by atoms with van der Waals surface area (Å²) in [6, 6.07) is 16.1. The van der Waals surface area contributed by atoms with E-state index >= 15 is 0 Å². The molecule has 1 heterocycles. The maximum atomic E-state index is 12.8. The van der Waals surface area contributed by atoms with Crippen molar-refractivity contribution < 1.29 is 14.4 Å². The fourth-order valence-corrected chi connectivity index (χ4v) is 4.08. The molecule has 4 amide bonds. The molecule has 1 aliphatic heterocycles. The van der Waals surface area contributed by atoms with Crippen molar-refractivity contribution in [2.75, 3.05) is 18.8 Å². The summed E-state index contributed by atoms with van der Waals surface area (Å²) in [5.74, 6) is -0.201. The Morgan fingerprint density at radius 3 is 2.54 bits per heavy atom. The predicted octanol–water partition coefficient (Wildman–Crippen LogP) is 3.02. The molecule has 0 radical (unpaired) electrons. The molecule has 28 heavy (non-hydrogen) atoms. The van der Waals surface area contributed by atoms with Crippen LogP contribution in [0.3, 0.4) is 0 Å². The molecule has 3 rings (SSSR count). The average molecular weight is 418 g/mol. The summed E-state index contributed by atoms with van der Waals surface area (Å²) < 4.78 is 0. The normalized spacial score (nSPS) is 18.9. The fourth-order valence-electron chi connectivity index (χ4n) is 2.97. The molecule has 0 aromatic heterocycles. The van der Waals surface area contributed by atoms with Crippen molar-refractivity contribution in [2.24, 2.45) is 0 Å². The SMILES string of the molecule is C[C@@]1(c2ccccc2Cl)NC(=O)N(CC(=O)NCCSc2ccccc2)C1=O. The number of urea groups is 1. The lowest BCUT2D eigenvalue weighted by atomic mass is 9.92. The Labute approximate surface area is 172 Å². The molecule has 1 aliphatic rings. The second-order valence-corrected chi connectivity index (χ2v) is 8.01. The van der Waals surface area contributed by atoms with Crippen molar-refractivity contribution in [3.05, 3.63) is 65.2 Å². The van der Waals surface area contributed by atoms with Crippen LogP contribution in [0.25, 0.3) is 0 Å². The van der Waals surface area contributed by atoms with Crippen LogP contribution in [0.15, 0.2) is 59.5 Å². The molecule has 6 nitrogen and oxygen atoms in total. The molecule has 146 valence electrons. The zero-order valence-corrected chi connectivity index (χ0v) is 16.8. The van der Waals surface area contributed by atoms with Crippen LogP contribution in [0.2, 0.25) is 5.02 Å². The fraction of sp³-hybridized carbons (Fsp3) is 0.250. The van der Waals surface area contributed by atoms with Crippen LogP contribution in [0.1, 0.15) is 12.5 Å². The van der Waals surface area contributed by atoms with Crippen molar-refractivity contribution >= 4 is 41.2 Å². The maximum Gasteiger partial charge on any atom is 0.325 e. The van der Waals surface area contributed by atoms with E-state index in [1.54, 1.807) is 43.0 Å². The zero-order valence-electron chi connectivity index (χ0n) is 15.3. The molecular formula is C20H20ClN3O3S. The number of benzene rings is 2. The number of halogens is 1. The molecule has 2 aromatic rings. The number of hydrogen-bond acceptors (Lipinski definition) is 4. The highest BCUT2D eigenvalue weighted by molar-refractivity contribution is 7.99. The Kier molecular flexibility index (Phi) is 6.26. The average Bonchev–Trinajstić information content (AvgIpc) is 2.90. The largest absolute Gasteiger partial charge is 0.354 e. The highest BCUT2D eigenvalue weighted by Gasteiger charge is 2.50. The van der Waals surface area contributed by atoms with Crippen molar-refractivity contribution in [3.8, 4) is 0 Å². The third-order valence-corrected chi connectivity index (χ3v) is 5.77. The van der Waals surface area contributed by atoms with E-state index in [2.05, 4.69) is 10.6 Å². The summed E-state index contributed by atoms with van der Waals surface area (Å²) in [7, 11) is 0. The summed E-state index contributed by atoms with van der Waals surface area (Å²) in [6.07, 6.45) is 0. The molecule has 0 saturated carbocycles. The molecule has 8 heteroatoms. The smallest absolute Gasteiger partial charge is 0.325 e. The van der Waals surface area contributed by atoms with E-state index in [0.29, 0.717) is 22.9 Å². The number of rotatable bonds is 7. The van der Waals surface area contributed by atoms with E-state index < -0.39 is 17.5 Å². The number of amides is 4. The zero-order chi connectivity index (χ0) is 20.1. The van der Waals surface area contributed by atoms with Crippen molar-refractivity contribution in [1.29, 1.82) is 0 Å². The molecular weight excluding hydrogens is 398 g/mol. The van der Waals surface area contributed by atoms with Crippen LogP contribution >= 0.6 is 23.4 Å². The van der Waals surface area contributed by atoms with Crippen LogP contribution in [-0.2, 0) is 15.1 Å². The third kappa shape index (κ3) is 4.31. The van der Waals surface area contributed by atoms with Gasteiger partial charge in [0, 0.05) is 27.8 Å². The van der Waals surface area contributed by atoms with Crippen LogP contribution in [0.4, 0.5) is 4.79 Å². The minimum Gasteiger partial charge on any atom is -0.354 e. The summed E-state index contributed by atoms with van der Waals surface area (Å²) in [6.45, 7) is 1.69. The van der Waals surface area contributed by atoms with E-state index in [-0.39, 0.29) is 12.5 Å². The first-order valence-corrected chi connectivity index (χ1v) is 10.1. The lowest BCUT2D eigenvalue weighted by molar-refractivity contribution is -0.134. The Balaban J connectivity index is 1.55. The van der Waals surface area contributed by atoms with Crippen molar-refractivity contribution in [2.45, 2.75) is 17.4 Å². The summed E-state index contributed by atoms with van der Waals surface area (Å²) in [5.41, 5.74) is -0.795. The van der Waals surface area contributed by atoms with Crippen LogP contribution in [-0.4, -0.2) is 41.6 Å². The van der Waals surface area contributed by atoms with Gasteiger partial charge >= 0.3 is 6.03 Å². The minimum absolute atomic E-state index is 0.333. The lowest BCUT2D eigenvalue weighted by Gasteiger charge is -2.23. The Morgan fingerprint density at radius 2 is 1.82 bits per heavy atom. The quantitative estimate of drug-likeness (QED) is 0.412. The van der Waals surface area contributed by atoms with E-state index in [1.807, 2.05) is 30.3 Å². The van der Waals surface area contributed by atoms with Crippen molar-refractivity contribution in [3.63, 3.8) is 0 Å². The second kappa shape index (κ2) is 8.67. The van der Waals surface area contributed by atoms with Gasteiger partial charge in [0.2, 0.25) is 5.91 Å². The number of imide groups is 1. The van der Waals surface area contributed by atoms with Gasteiger partial charge in [0.15, 0.2) is 0 Å². The van der Waals surface area contributed by atoms with Gasteiger partial charge in [-0.25, -0.2) is 4.79 Å². The van der Waals surface area contributed by atoms with Crippen LogP contribution < -0.4 is 10.6 Å². The van der Waals surface area contributed by atoms with Gasteiger partial charge in [-0.2, -0.15) is 0 Å². The van der Waals surface area contributed by atoms with Gasteiger partial charge in [0.05, 0.1) is 0 Å². The summed E-state index contributed by atoms with van der Waals surface area (Å²) in [4.78, 5) is 39.4. The molecule has 0 unspecified atom stereocenters. The Bertz CT molecular complexity index is 893. The lowest BCUT2D eigenvalue weighted by Crippen LogP contribution is -2.43. The molecule has 2 N–H and O–H groups in total. The summed E-state index contributed by atoms with van der Waals surface area (Å²) in [5, 5.41) is 5.77. The molecule has 2 aromatic carbocycles. The number of thioether (sulfide) groups is 1. The van der Waals surface area contributed by atoms with E-state index in [0.717, 1.165) is 9.80 Å². The molecule has 1 fully saturated rings. The molecule has 0 spiro atoms. The van der Waals surface area contributed by atoms with Crippen LogP contribution in [0, 0.1) is 0 Å². The van der Waals surface area contributed by atoms with Gasteiger partial charge < -0.3 is 10.6 Å². The number of hydrogen-bond donors (Lipinski definition) is 2. The van der Waals surface area contributed by atoms with E-state index in [1.165, 1.54) is 0 Å². The van der Waals surface area contributed by atoms with E-state index in [9.17, 15) is 14.4 Å². The first kappa shape index (κ1) is 20.2. The maximum absolute atomic E-state index is 12.8. The standard InChI is InChI=1S/C20H20ClN3O3S/c1-20(15-9-5-6-10-16(15)21)18(26)24(19(27)23-20)13-17(25)22-11-12-28-14-7-3-2-4-8-14/h2-10H,11-13H2,1H3,(H,22,25)(H,23,27)/t20-/m0/s1. The molecule has 0 bridgehead atoms. The topological polar surface area (TPSA) is 78.5 Å². The monoisotopic (exact) mass is 417 g/mol. The van der Waals surface area contributed by atoms with Crippen molar-refractivity contribution in [1.82, 2.24) is 15.5 Å². The minimum atomic E-state index is -1.29. The van der Waals surface area contributed by atoms with Gasteiger partial charge in [0.1, 0.15) is 12.1 Å². The summed E-state index contributed by atoms with van der Waals surface area (Å²) >= 11 is 7.81. The molecule has 1 saturated heterocycles. The predicted molar refractivity (Wildman–Crippen MR) is 109 cm³/mol. The van der Waals surface area contributed by atoms with Gasteiger partial charge in [0.25, 0.3) is 5.91 Å². The molecule has 0 aliphatic carbocycles. The third-order valence-electron chi connectivity index (χ3n) is 4.43. The van der Waals surface area contributed by atoms with Crippen LogP contribution in [0.5, 0.6) is 0 Å². The Morgan fingerprint density at radius 1 is 1.14 bits per heavy atom. The number of nitrogens with zero attached hydrogens (tertiary/aromatic N) is 1. The van der Waals surface area contributed by atoms with Gasteiger partial charge in [-0.15, -0.1) is 11.8 Å². The first-order valence-electron chi connectivity index (χ1n) is 8.75. The number of nitrogens with one attached hydrogen (secondary N) is 2. The Hall–Kier alpha value is -2.51. The second-order valence-electron chi connectivity index (χ2n) is 6.44. The van der Waals surface area contributed by atoms with Gasteiger partial charge in [-0.05, 0) is 25.1 Å². The highest BCUT2D eigenvalue weighted by Crippen LogP contribution is 2.33. The highest BCUT2D eigenvalue weighted by atomic mass is 35.5. The number of carbonyl (C=O) groups is 3. The van der Waals surface area contributed by atoms with Gasteiger partial charge in [-0.1, -0.05) is 48.0 Å². The number of carbonyl (C=O) groups excluding carboxylic acids is 3. The molecule has 1 atom stereocenters.